The average molecular weight is 433 g/mol. The molecule has 0 spiro atoms. The minimum atomic E-state index is -0.477. The summed E-state index contributed by atoms with van der Waals surface area (Å²) in [6.45, 7) is 0.300. The summed E-state index contributed by atoms with van der Waals surface area (Å²) in [6.07, 6.45) is 4.19. The Bertz CT molecular complexity index is 891. The highest BCUT2D eigenvalue weighted by atomic mass is 32.2. The van der Waals surface area contributed by atoms with Crippen LogP contribution in [0, 0.1) is 11.7 Å². The Hall–Kier alpha value is -1.96. The van der Waals surface area contributed by atoms with Gasteiger partial charge in [0.2, 0.25) is 0 Å². The molecule has 6 rings (SSSR count). The van der Waals surface area contributed by atoms with Gasteiger partial charge in [-0.3, -0.25) is 9.69 Å². The number of cyclic esters (lactones) is 1. The van der Waals surface area contributed by atoms with Crippen LogP contribution in [-0.2, 0) is 9.53 Å². The molecule has 4 atom stereocenters. The third kappa shape index (κ3) is 2.98. The average Bonchev–Trinajstić information content (AvgIpc) is 3.50. The molecule has 6 nitrogen and oxygen atoms in total. The van der Waals surface area contributed by atoms with Crippen LogP contribution < -0.4 is 14.5 Å². The number of ketones is 1. The molecule has 160 valence electrons. The van der Waals surface area contributed by atoms with Crippen molar-refractivity contribution in [2.45, 2.75) is 62.8 Å². The number of ether oxygens (including phenoxy) is 2. The number of rotatable bonds is 5. The number of benzene rings is 1. The molecule has 8 heteroatoms. The highest BCUT2D eigenvalue weighted by Gasteiger charge is 2.48. The van der Waals surface area contributed by atoms with Crippen LogP contribution in [0.2, 0.25) is 0 Å². The van der Waals surface area contributed by atoms with Crippen LogP contribution in [0.15, 0.2) is 12.1 Å². The van der Waals surface area contributed by atoms with Crippen molar-refractivity contribution in [3.63, 3.8) is 0 Å². The predicted octanol–water partition coefficient (Wildman–Crippen LogP) is 3.76. The lowest BCUT2D eigenvalue weighted by atomic mass is 10.0. The first kappa shape index (κ1) is 18.8. The second-order valence-corrected chi connectivity index (χ2v) is 10.1. The zero-order valence-electron chi connectivity index (χ0n) is 16.7. The van der Waals surface area contributed by atoms with E-state index in [0.717, 1.165) is 37.2 Å². The second-order valence-electron chi connectivity index (χ2n) is 9.05. The van der Waals surface area contributed by atoms with Crippen LogP contribution in [0.4, 0.5) is 20.6 Å². The molecule has 1 aromatic carbocycles. The maximum Gasteiger partial charge on any atom is 0.415 e. The van der Waals surface area contributed by atoms with E-state index in [1.54, 1.807) is 6.07 Å². The Morgan fingerprint density at radius 3 is 2.63 bits per heavy atom. The standard InChI is InChI=1S/C22H25FN2O4S/c23-15-7-17-21(8-16(15)24-13-3-4-14(24)11-30-10-13)28-9-18-20(29-22(27)25(17)18)6-5-19(26)12-1-2-12/h7-8,12-14,18,20H,1-6,9-11H2/t13?,14?,18-,20-/m0/s1. The van der Waals surface area contributed by atoms with Crippen molar-refractivity contribution in [1.29, 1.82) is 0 Å². The summed E-state index contributed by atoms with van der Waals surface area (Å²) in [5.74, 6) is 2.73. The molecule has 3 saturated heterocycles. The second kappa shape index (κ2) is 7.04. The Balaban J connectivity index is 1.25. The van der Waals surface area contributed by atoms with Crippen LogP contribution in [0.1, 0.15) is 38.5 Å². The monoisotopic (exact) mass is 432 g/mol. The number of amides is 1. The Morgan fingerprint density at radius 2 is 1.90 bits per heavy atom. The van der Waals surface area contributed by atoms with Gasteiger partial charge in [-0.05, 0) is 32.1 Å². The van der Waals surface area contributed by atoms with Crippen LogP contribution in [0.25, 0.3) is 0 Å². The maximum atomic E-state index is 15.2. The zero-order chi connectivity index (χ0) is 20.4. The van der Waals surface area contributed by atoms with Crippen LogP contribution in [-0.4, -0.2) is 54.2 Å². The molecule has 1 aliphatic carbocycles. The molecule has 0 N–H and O–H groups in total. The van der Waals surface area contributed by atoms with E-state index in [2.05, 4.69) is 4.90 Å². The lowest BCUT2D eigenvalue weighted by Gasteiger charge is -2.38. The van der Waals surface area contributed by atoms with Gasteiger partial charge in [0.05, 0.1) is 11.4 Å². The van der Waals surface area contributed by atoms with Crippen molar-refractivity contribution in [3.05, 3.63) is 17.9 Å². The van der Waals surface area contributed by atoms with Gasteiger partial charge < -0.3 is 14.4 Å². The molecule has 5 aliphatic rings. The molecule has 1 amide bonds. The van der Waals surface area contributed by atoms with Crippen LogP contribution in [0.3, 0.4) is 0 Å². The molecule has 1 aromatic rings. The molecule has 2 unspecified atom stereocenters. The molecule has 0 radical (unpaired) electrons. The Morgan fingerprint density at radius 1 is 1.13 bits per heavy atom. The summed E-state index contributed by atoms with van der Waals surface area (Å²) in [5, 5.41) is 0. The number of nitrogens with zero attached hydrogens (tertiary/aromatic N) is 2. The highest BCUT2D eigenvalue weighted by Crippen LogP contribution is 2.46. The summed E-state index contributed by atoms with van der Waals surface area (Å²) >= 11 is 1.94. The lowest BCUT2D eigenvalue weighted by Crippen LogP contribution is -2.45. The van der Waals surface area contributed by atoms with E-state index in [-0.39, 0.29) is 23.6 Å². The highest BCUT2D eigenvalue weighted by molar-refractivity contribution is 7.99. The zero-order valence-corrected chi connectivity index (χ0v) is 17.5. The van der Waals surface area contributed by atoms with Crippen molar-refractivity contribution in [1.82, 2.24) is 0 Å². The van der Waals surface area contributed by atoms with E-state index >= 15 is 4.39 Å². The summed E-state index contributed by atoms with van der Waals surface area (Å²) in [6, 6.07) is 3.60. The number of thioether (sulfide) groups is 1. The van der Waals surface area contributed by atoms with E-state index in [0.29, 0.717) is 48.7 Å². The fraction of sp³-hybridized carbons (Fsp3) is 0.636. The minimum Gasteiger partial charge on any atom is -0.489 e. The van der Waals surface area contributed by atoms with Crippen molar-refractivity contribution in [2.75, 3.05) is 27.9 Å². The minimum absolute atomic E-state index is 0.206. The summed E-state index contributed by atoms with van der Waals surface area (Å²) in [4.78, 5) is 28.4. The van der Waals surface area contributed by atoms with Crippen LogP contribution in [0.5, 0.6) is 5.75 Å². The number of carbonyl (C=O) groups is 2. The number of fused-ring (bicyclic) bond motifs is 5. The summed E-state index contributed by atoms with van der Waals surface area (Å²) in [7, 11) is 0. The van der Waals surface area contributed by atoms with E-state index in [1.165, 1.54) is 11.0 Å². The molecule has 4 aliphatic heterocycles. The molecule has 4 heterocycles. The van der Waals surface area contributed by atoms with Gasteiger partial charge in [-0.25, -0.2) is 9.18 Å². The first-order valence-electron chi connectivity index (χ1n) is 10.9. The smallest absolute Gasteiger partial charge is 0.415 e. The van der Waals surface area contributed by atoms with Crippen molar-refractivity contribution < 1.29 is 23.5 Å². The van der Waals surface area contributed by atoms with E-state index in [1.807, 2.05) is 11.8 Å². The molecule has 1 saturated carbocycles. The molecular weight excluding hydrogens is 407 g/mol. The number of hydrogen-bond acceptors (Lipinski definition) is 6. The Labute approximate surface area is 179 Å². The number of anilines is 2. The first-order chi connectivity index (χ1) is 14.6. The van der Waals surface area contributed by atoms with E-state index in [4.69, 9.17) is 9.47 Å². The van der Waals surface area contributed by atoms with Gasteiger partial charge in [0, 0.05) is 48.1 Å². The Kier molecular flexibility index (Phi) is 4.41. The van der Waals surface area contributed by atoms with Gasteiger partial charge in [0.25, 0.3) is 0 Å². The lowest BCUT2D eigenvalue weighted by molar-refractivity contribution is -0.120. The third-order valence-corrected chi connectivity index (χ3v) is 8.37. The van der Waals surface area contributed by atoms with E-state index in [9.17, 15) is 9.59 Å². The first-order valence-corrected chi connectivity index (χ1v) is 12.1. The van der Waals surface area contributed by atoms with Gasteiger partial charge >= 0.3 is 6.09 Å². The largest absolute Gasteiger partial charge is 0.489 e. The molecule has 4 fully saturated rings. The predicted molar refractivity (Wildman–Crippen MR) is 112 cm³/mol. The van der Waals surface area contributed by atoms with Gasteiger partial charge in [-0.2, -0.15) is 11.8 Å². The van der Waals surface area contributed by atoms with Gasteiger partial charge in [-0.15, -0.1) is 0 Å². The third-order valence-electron chi connectivity index (χ3n) is 7.13. The van der Waals surface area contributed by atoms with Crippen molar-refractivity contribution >= 4 is 35.0 Å². The number of hydrogen-bond donors (Lipinski definition) is 0. The molecule has 30 heavy (non-hydrogen) atoms. The van der Waals surface area contributed by atoms with Gasteiger partial charge in [0.15, 0.2) is 0 Å². The quantitative estimate of drug-likeness (QED) is 0.706. The number of Topliss-reactive ketones (excluding diaryl/α,β-unsaturated/α-hetero) is 1. The summed E-state index contributed by atoms with van der Waals surface area (Å²) in [5.41, 5.74) is 1.02. The SMILES string of the molecule is O=C(CC[C@@H]1OC(=O)N2c3cc(F)c(N4C5CCC4CSC5)cc3OC[C@@H]12)C1CC1. The van der Waals surface area contributed by atoms with Crippen molar-refractivity contribution in [2.24, 2.45) is 5.92 Å². The number of carbonyl (C=O) groups excluding carboxylic acids is 2. The number of halogens is 1. The normalized spacial score (nSPS) is 31.8. The van der Waals surface area contributed by atoms with Crippen LogP contribution >= 0.6 is 11.8 Å². The molecule has 0 aromatic heterocycles. The fourth-order valence-electron chi connectivity index (χ4n) is 5.40. The topological polar surface area (TPSA) is 59.1 Å². The van der Waals surface area contributed by atoms with Gasteiger partial charge in [0.1, 0.15) is 36.1 Å². The molecule has 2 bridgehead atoms. The van der Waals surface area contributed by atoms with Gasteiger partial charge in [-0.1, -0.05) is 0 Å². The maximum absolute atomic E-state index is 15.2. The van der Waals surface area contributed by atoms with Crippen molar-refractivity contribution in [3.8, 4) is 5.75 Å². The van der Waals surface area contributed by atoms with E-state index < -0.39 is 12.2 Å². The fourth-order valence-corrected chi connectivity index (χ4v) is 6.74. The molecular formula is C22H25FN2O4S. The summed E-state index contributed by atoms with van der Waals surface area (Å²) < 4.78 is 26.8.